The molecule has 1 aromatic carbocycles. The number of hydrogen-bond acceptors (Lipinski definition) is 1. The third-order valence-corrected chi connectivity index (χ3v) is 3.39. The van der Waals surface area contributed by atoms with Crippen molar-refractivity contribution >= 4 is 0 Å². The summed E-state index contributed by atoms with van der Waals surface area (Å²) in [7, 11) is 0. The van der Waals surface area contributed by atoms with Crippen molar-refractivity contribution in [1.82, 2.24) is 0 Å². The third-order valence-electron chi connectivity index (χ3n) is 3.39. The fourth-order valence-electron chi connectivity index (χ4n) is 2.06. The number of benzene rings is 1. The van der Waals surface area contributed by atoms with Crippen molar-refractivity contribution in [2.75, 3.05) is 0 Å². The van der Waals surface area contributed by atoms with Gasteiger partial charge in [-0.05, 0) is 18.1 Å². The van der Waals surface area contributed by atoms with Gasteiger partial charge in [0.1, 0.15) is 0 Å². The summed E-state index contributed by atoms with van der Waals surface area (Å²) in [6.45, 7) is 1.46. The second-order valence-electron chi connectivity index (χ2n) is 5.25. The molecule has 0 spiro atoms. The predicted octanol–water partition coefficient (Wildman–Crippen LogP) is 5.83. The highest BCUT2D eigenvalue weighted by molar-refractivity contribution is 5.39. The van der Waals surface area contributed by atoms with Crippen molar-refractivity contribution < 1.29 is 49.0 Å². The van der Waals surface area contributed by atoms with Crippen LogP contribution >= 0.6 is 0 Å². The molecule has 0 aliphatic carbocycles. The monoisotopic (exact) mass is 386 g/mol. The summed E-state index contributed by atoms with van der Waals surface area (Å²) in [5, 5.41) is 9.67. The lowest BCUT2D eigenvalue weighted by Gasteiger charge is -2.27. The Morgan fingerprint density at radius 1 is 0.840 bits per heavy atom. The van der Waals surface area contributed by atoms with Crippen LogP contribution in [0.5, 0.6) is 0 Å². The SMILES string of the molecule is CCCC(O)c1ccc(C(F)(F)C(F)(F)F)cc1C(F)(F)C(F)(F)F. The third kappa shape index (κ3) is 4.01. The zero-order chi connectivity index (χ0) is 19.8. The van der Waals surface area contributed by atoms with Gasteiger partial charge in [0.05, 0.1) is 6.10 Å². The van der Waals surface area contributed by atoms with Gasteiger partial charge in [-0.25, -0.2) is 0 Å². The van der Waals surface area contributed by atoms with Crippen LogP contribution in [0, 0.1) is 0 Å². The zero-order valence-electron chi connectivity index (χ0n) is 12.5. The molecule has 144 valence electrons. The smallest absolute Gasteiger partial charge is 0.388 e. The molecule has 11 heteroatoms. The summed E-state index contributed by atoms with van der Waals surface area (Å²) in [5.41, 5.74) is -5.28. The summed E-state index contributed by atoms with van der Waals surface area (Å²) in [6, 6.07) is -0.267. The number of aliphatic hydroxyl groups is 1. The van der Waals surface area contributed by atoms with Crippen LogP contribution in [0.25, 0.3) is 0 Å². The topological polar surface area (TPSA) is 20.2 Å². The average molecular weight is 386 g/mol. The number of rotatable bonds is 5. The van der Waals surface area contributed by atoms with Gasteiger partial charge in [-0.2, -0.15) is 43.9 Å². The lowest BCUT2D eigenvalue weighted by molar-refractivity contribution is -0.292. The molecule has 0 saturated carbocycles. The minimum Gasteiger partial charge on any atom is -0.388 e. The average Bonchev–Trinajstić information content (AvgIpc) is 2.44. The molecule has 1 rings (SSSR count). The Morgan fingerprint density at radius 2 is 1.32 bits per heavy atom. The van der Waals surface area contributed by atoms with Gasteiger partial charge in [0.15, 0.2) is 0 Å². The summed E-state index contributed by atoms with van der Waals surface area (Å²) >= 11 is 0. The van der Waals surface area contributed by atoms with Gasteiger partial charge in [-0.1, -0.05) is 25.5 Å². The Bertz CT molecular complexity index is 603. The van der Waals surface area contributed by atoms with Crippen LogP contribution in [0.15, 0.2) is 18.2 Å². The highest BCUT2D eigenvalue weighted by Crippen LogP contribution is 2.50. The van der Waals surface area contributed by atoms with Crippen LogP contribution < -0.4 is 0 Å². The van der Waals surface area contributed by atoms with Crippen molar-refractivity contribution in [3.63, 3.8) is 0 Å². The molecule has 0 amide bonds. The van der Waals surface area contributed by atoms with Crippen molar-refractivity contribution in [3.05, 3.63) is 34.9 Å². The lowest BCUT2D eigenvalue weighted by atomic mass is 9.91. The van der Waals surface area contributed by atoms with E-state index in [0.717, 1.165) is 0 Å². The molecular formula is C14H12F10O. The molecule has 1 atom stereocenters. The first-order valence-electron chi connectivity index (χ1n) is 6.79. The summed E-state index contributed by atoms with van der Waals surface area (Å²) in [4.78, 5) is 0. The molecule has 25 heavy (non-hydrogen) atoms. The molecule has 1 aromatic rings. The highest BCUT2D eigenvalue weighted by Gasteiger charge is 2.62. The van der Waals surface area contributed by atoms with Crippen LogP contribution in [0.1, 0.15) is 42.6 Å². The number of aliphatic hydroxyl groups excluding tert-OH is 1. The van der Waals surface area contributed by atoms with E-state index in [1.54, 1.807) is 0 Å². The molecule has 0 aliphatic heterocycles. The zero-order valence-corrected chi connectivity index (χ0v) is 12.5. The van der Waals surface area contributed by atoms with Gasteiger partial charge in [0, 0.05) is 11.1 Å². The minimum atomic E-state index is -6.25. The standard InChI is InChI=1S/C14H12F10O/c1-2-3-10(25)8-5-4-7(11(15,16)13(19,20)21)6-9(8)12(17,18)14(22,23)24/h4-6,10,25H,2-3H2,1H3. The molecule has 0 radical (unpaired) electrons. The summed E-state index contributed by atoms with van der Waals surface area (Å²) < 4.78 is 129. The van der Waals surface area contributed by atoms with E-state index in [2.05, 4.69) is 0 Å². The van der Waals surface area contributed by atoms with Gasteiger partial charge in [0.25, 0.3) is 0 Å². The van der Waals surface area contributed by atoms with E-state index >= 15 is 0 Å². The van der Waals surface area contributed by atoms with Crippen molar-refractivity contribution in [2.24, 2.45) is 0 Å². The number of hydrogen-bond donors (Lipinski definition) is 1. The Balaban J connectivity index is 3.66. The van der Waals surface area contributed by atoms with Crippen LogP contribution in [0.2, 0.25) is 0 Å². The molecule has 1 unspecified atom stereocenters. The molecular weight excluding hydrogens is 374 g/mol. The van der Waals surface area contributed by atoms with Crippen LogP contribution in [-0.2, 0) is 11.8 Å². The first-order valence-corrected chi connectivity index (χ1v) is 6.79. The van der Waals surface area contributed by atoms with Crippen molar-refractivity contribution in [3.8, 4) is 0 Å². The quantitative estimate of drug-likeness (QED) is 0.632. The summed E-state index contributed by atoms with van der Waals surface area (Å²) in [5.74, 6) is -11.4. The second kappa shape index (κ2) is 6.65. The summed E-state index contributed by atoms with van der Waals surface area (Å²) in [6.07, 6.45) is -14.5. The fourth-order valence-corrected chi connectivity index (χ4v) is 2.06. The van der Waals surface area contributed by atoms with E-state index in [9.17, 15) is 49.0 Å². The van der Waals surface area contributed by atoms with Gasteiger partial charge in [-0.15, -0.1) is 0 Å². The van der Waals surface area contributed by atoms with E-state index in [1.165, 1.54) is 6.92 Å². The fraction of sp³-hybridized carbons (Fsp3) is 0.571. The molecule has 1 nitrogen and oxygen atoms in total. The van der Waals surface area contributed by atoms with Gasteiger partial charge in [0.2, 0.25) is 0 Å². The maximum absolute atomic E-state index is 13.6. The molecule has 0 fully saturated rings. The Morgan fingerprint density at radius 3 is 1.72 bits per heavy atom. The molecule has 0 bridgehead atoms. The van der Waals surface area contributed by atoms with Gasteiger partial charge < -0.3 is 5.11 Å². The maximum Gasteiger partial charge on any atom is 0.458 e. The molecule has 1 N–H and O–H groups in total. The maximum atomic E-state index is 13.6. The number of alkyl halides is 10. The minimum absolute atomic E-state index is 0.0671. The van der Waals surface area contributed by atoms with E-state index in [-0.39, 0.29) is 25.0 Å². The van der Waals surface area contributed by atoms with E-state index in [4.69, 9.17) is 0 Å². The normalized spacial score (nSPS) is 15.4. The first kappa shape index (κ1) is 21.5. The van der Waals surface area contributed by atoms with Crippen LogP contribution in [0.3, 0.4) is 0 Å². The van der Waals surface area contributed by atoms with Crippen LogP contribution in [0.4, 0.5) is 43.9 Å². The molecule has 0 saturated heterocycles. The van der Waals surface area contributed by atoms with Crippen molar-refractivity contribution in [1.29, 1.82) is 0 Å². The largest absolute Gasteiger partial charge is 0.458 e. The van der Waals surface area contributed by atoms with Crippen molar-refractivity contribution in [2.45, 2.75) is 50.1 Å². The Labute approximate surface area is 135 Å². The van der Waals surface area contributed by atoms with Crippen LogP contribution in [-0.4, -0.2) is 17.5 Å². The molecule has 0 aromatic heterocycles. The predicted molar refractivity (Wildman–Crippen MR) is 66.2 cm³/mol. The van der Waals surface area contributed by atoms with E-state index < -0.39 is 53.1 Å². The Kier molecular flexibility index (Phi) is 5.73. The second-order valence-corrected chi connectivity index (χ2v) is 5.25. The lowest BCUT2D eigenvalue weighted by Crippen LogP contribution is -2.37. The molecule has 0 heterocycles. The molecule has 0 aliphatic rings. The van der Waals surface area contributed by atoms with E-state index in [1.807, 2.05) is 0 Å². The highest BCUT2D eigenvalue weighted by atomic mass is 19.4. The number of halogens is 10. The van der Waals surface area contributed by atoms with Gasteiger partial charge in [-0.3, -0.25) is 0 Å². The van der Waals surface area contributed by atoms with E-state index in [0.29, 0.717) is 0 Å². The van der Waals surface area contributed by atoms with Gasteiger partial charge >= 0.3 is 24.2 Å². The Hall–Kier alpha value is -1.52. The first-order chi connectivity index (χ1) is 11.1.